The average Bonchev–Trinajstić information content (AvgIpc) is 2.17. The topological polar surface area (TPSA) is 41.1 Å². The highest BCUT2D eigenvalue weighted by atomic mass is 35.5. The van der Waals surface area contributed by atoms with E-state index in [0.717, 1.165) is 11.4 Å². The van der Waals surface area contributed by atoms with Crippen molar-refractivity contribution in [2.75, 3.05) is 17.2 Å². The normalized spacial score (nSPS) is 11.1. The molecule has 0 amide bonds. The molecule has 0 aliphatic carbocycles. The Labute approximate surface area is 111 Å². The van der Waals surface area contributed by atoms with Gasteiger partial charge in [0, 0.05) is 5.54 Å². The van der Waals surface area contributed by atoms with Gasteiger partial charge >= 0.3 is 0 Å². The quantitative estimate of drug-likeness (QED) is 0.823. The van der Waals surface area contributed by atoms with E-state index in [2.05, 4.69) is 10.6 Å². The SMILES string of the molecule is CC(C)(C)Nc1c(Cl)cccc1NCC(=O)Cl. The summed E-state index contributed by atoms with van der Waals surface area (Å²) < 4.78 is 0. The smallest absolute Gasteiger partial charge is 0.240 e. The summed E-state index contributed by atoms with van der Waals surface area (Å²) in [4.78, 5) is 10.7. The second kappa shape index (κ2) is 5.61. The van der Waals surface area contributed by atoms with Crippen LogP contribution in [0.4, 0.5) is 11.4 Å². The third kappa shape index (κ3) is 4.84. The second-order valence-corrected chi connectivity index (χ2v) is 5.57. The standard InChI is InChI=1S/C12H16Cl2N2O/c1-12(2,3)16-11-8(13)5-4-6-9(11)15-7-10(14)17/h4-6,15-16H,7H2,1-3H3. The van der Waals surface area contributed by atoms with E-state index < -0.39 is 5.24 Å². The number of halogens is 2. The Morgan fingerprint density at radius 2 is 2.00 bits per heavy atom. The van der Waals surface area contributed by atoms with Crippen LogP contribution in [0.1, 0.15) is 20.8 Å². The van der Waals surface area contributed by atoms with E-state index in [1.165, 1.54) is 0 Å². The van der Waals surface area contributed by atoms with Crippen molar-refractivity contribution in [1.29, 1.82) is 0 Å². The first-order valence-corrected chi connectivity index (χ1v) is 6.04. The molecule has 0 heterocycles. The van der Waals surface area contributed by atoms with Crippen molar-refractivity contribution in [1.82, 2.24) is 0 Å². The second-order valence-electron chi connectivity index (χ2n) is 4.75. The molecule has 94 valence electrons. The fourth-order valence-electron chi connectivity index (χ4n) is 1.34. The third-order valence-corrected chi connectivity index (χ3v) is 2.38. The zero-order valence-corrected chi connectivity index (χ0v) is 11.6. The minimum absolute atomic E-state index is 0.0702. The molecule has 1 rings (SSSR count). The molecular weight excluding hydrogens is 259 g/mol. The van der Waals surface area contributed by atoms with E-state index >= 15 is 0 Å². The van der Waals surface area contributed by atoms with E-state index in [1.54, 1.807) is 6.07 Å². The molecule has 0 aliphatic heterocycles. The predicted molar refractivity (Wildman–Crippen MR) is 74.2 cm³/mol. The van der Waals surface area contributed by atoms with Gasteiger partial charge in [-0.15, -0.1) is 0 Å². The van der Waals surface area contributed by atoms with Gasteiger partial charge in [0.05, 0.1) is 22.9 Å². The van der Waals surface area contributed by atoms with Crippen LogP contribution in [0, 0.1) is 0 Å². The van der Waals surface area contributed by atoms with Crippen LogP contribution in [0.2, 0.25) is 5.02 Å². The van der Waals surface area contributed by atoms with Crippen molar-refractivity contribution in [3.8, 4) is 0 Å². The predicted octanol–water partition coefficient (Wildman–Crippen LogP) is 3.73. The summed E-state index contributed by atoms with van der Waals surface area (Å²) in [5.74, 6) is 0. The van der Waals surface area contributed by atoms with Gasteiger partial charge in [-0.1, -0.05) is 17.7 Å². The van der Waals surface area contributed by atoms with Crippen LogP contribution in [-0.4, -0.2) is 17.3 Å². The largest absolute Gasteiger partial charge is 0.378 e. The Morgan fingerprint density at radius 3 is 2.53 bits per heavy atom. The summed E-state index contributed by atoms with van der Waals surface area (Å²) in [5.41, 5.74) is 1.42. The lowest BCUT2D eigenvalue weighted by Gasteiger charge is -2.25. The van der Waals surface area contributed by atoms with Gasteiger partial charge in [-0.3, -0.25) is 4.79 Å². The Balaban J connectivity index is 2.96. The van der Waals surface area contributed by atoms with E-state index in [0.29, 0.717) is 5.02 Å². The highest BCUT2D eigenvalue weighted by Gasteiger charge is 2.15. The van der Waals surface area contributed by atoms with Gasteiger partial charge in [0.25, 0.3) is 0 Å². The van der Waals surface area contributed by atoms with Crippen molar-refractivity contribution in [3.63, 3.8) is 0 Å². The number of hydrogen-bond acceptors (Lipinski definition) is 3. The number of carbonyl (C=O) groups excluding carboxylic acids is 1. The number of hydrogen-bond donors (Lipinski definition) is 2. The zero-order valence-electron chi connectivity index (χ0n) is 10.1. The van der Waals surface area contributed by atoms with Crippen molar-refractivity contribution >= 4 is 39.8 Å². The zero-order chi connectivity index (χ0) is 13.1. The van der Waals surface area contributed by atoms with Gasteiger partial charge in [0.1, 0.15) is 0 Å². The Kier molecular flexibility index (Phi) is 4.66. The minimum Gasteiger partial charge on any atom is -0.378 e. The highest BCUT2D eigenvalue weighted by molar-refractivity contribution is 6.64. The van der Waals surface area contributed by atoms with Crippen LogP contribution >= 0.6 is 23.2 Å². The van der Waals surface area contributed by atoms with E-state index in [4.69, 9.17) is 23.2 Å². The molecule has 0 atom stereocenters. The molecule has 17 heavy (non-hydrogen) atoms. The molecule has 5 heteroatoms. The molecule has 3 nitrogen and oxygen atoms in total. The first kappa shape index (κ1) is 14.1. The molecule has 0 unspecified atom stereocenters. The van der Waals surface area contributed by atoms with Crippen LogP contribution in [0.3, 0.4) is 0 Å². The molecule has 0 bridgehead atoms. The summed E-state index contributed by atoms with van der Waals surface area (Å²) >= 11 is 11.4. The van der Waals surface area contributed by atoms with Crippen molar-refractivity contribution in [3.05, 3.63) is 23.2 Å². The van der Waals surface area contributed by atoms with E-state index in [9.17, 15) is 4.79 Å². The van der Waals surface area contributed by atoms with E-state index in [1.807, 2.05) is 32.9 Å². The van der Waals surface area contributed by atoms with Crippen LogP contribution in [0.15, 0.2) is 18.2 Å². The first-order chi connectivity index (χ1) is 7.79. The Morgan fingerprint density at radius 1 is 1.35 bits per heavy atom. The lowest BCUT2D eigenvalue weighted by molar-refractivity contribution is -0.110. The van der Waals surface area contributed by atoms with E-state index in [-0.39, 0.29) is 12.1 Å². The number of rotatable bonds is 4. The number of benzene rings is 1. The fourth-order valence-corrected chi connectivity index (χ4v) is 1.63. The average molecular weight is 275 g/mol. The maximum Gasteiger partial charge on any atom is 0.240 e. The first-order valence-electron chi connectivity index (χ1n) is 5.28. The molecule has 0 aliphatic rings. The van der Waals surface area contributed by atoms with Crippen LogP contribution in [-0.2, 0) is 4.79 Å². The van der Waals surface area contributed by atoms with Gasteiger partial charge in [-0.05, 0) is 44.5 Å². The maximum absolute atomic E-state index is 10.7. The number of para-hydroxylation sites is 1. The molecule has 1 aromatic carbocycles. The lowest BCUT2D eigenvalue weighted by atomic mass is 10.1. The molecule has 0 fully saturated rings. The molecule has 2 N–H and O–H groups in total. The summed E-state index contributed by atoms with van der Waals surface area (Å²) in [6, 6.07) is 5.46. The van der Waals surface area contributed by atoms with Crippen LogP contribution in [0.5, 0.6) is 0 Å². The Bertz CT molecular complexity index is 413. The van der Waals surface area contributed by atoms with Crippen LogP contribution in [0.25, 0.3) is 0 Å². The minimum atomic E-state index is -0.438. The van der Waals surface area contributed by atoms with Crippen molar-refractivity contribution in [2.45, 2.75) is 26.3 Å². The summed E-state index contributed by atoms with van der Waals surface area (Å²) in [6.45, 7) is 6.17. The molecule has 1 aromatic rings. The molecule has 0 spiro atoms. The van der Waals surface area contributed by atoms with Gasteiger partial charge in [0.15, 0.2) is 0 Å². The monoisotopic (exact) mass is 274 g/mol. The maximum atomic E-state index is 10.7. The van der Waals surface area contributed by atoms with Crippen molar-refractivity contribution in [2.24, 2.45) is 0 Å². The molecule has 0 saturated carbocycles. The third-order valence-electron chi connectivity index (χ3n) is 1.93. The van der Waals surface area contributed by atoms with Gasteiger partial charge in [-0.25, -0.2) is 0 Å². The number of nitrogens with one attached hydrogen (secondary N) is 2. The van der Waals surface area contributed by atoms with Gasteiger partial charge in [0.2, 0.25) is 5.24 Å². The van der Waals surface area contributed by atoms with Gasteiger partial charge in [-0.2, -0.15) is 0 Å². The molecule has 0 aromatic heterocycles. The van der Waals surface area contributed by atoms with Crippen LogP contribution < -0.4 is 10.6 Å². The summed E-state index contributed by atoms with van der Waals surface area (Å²) in [7, 11) is 0. The summed E-state index contributed by atoms with van der Waals surface area (Å²) in [5, 5.41) is 6.41. The Hall–Kier alpha value is -0.930. The lowest BCUT2D eigenvalue weighted by Crippen LogP contribution is -2.27. The molecular formula is C12H16Cl2N2O. The molecule has 0 radical (unpaired) electrons. The number of carbonyl (C=O) groups is 1. The van der Waals surface area contributed by atoms with Gasteiger partial charge < -0.3 is 10.6 Å². The van der Waals surface area contributed by atoms with Crippen molar-refractivity contribution < 1.29 is 4.79 Å². The number of anilines is 2. The highest BCUT2D eigenvalue weighted by Crippen LogP contribution is 2.32. The molecule has 0 saturated heterocycles. The fraction of sp³-hybridized carbons (Fsp3) is 0.417. The summed E-state index contributed by atoms with van der Waals surface area (Å²) in [6.07, 6.45) is 0.